The number of fused-ring (bicyclic) bond motifs is 3. The van der Waals surface area contributed by atoms with Gasteiger partial charge in [-0.15, -0.1) is 0 Å². The van der Waals surface area contributed by atoms with Crippen molar-refractivity contribution in [2.75, 3.05) is 53.0 Å². The van der Waals surface area contributed by atoms with Crippen molar-refractivity contribution >= 4 is 32.4 Å². The van der Waals surface area contributed by atoms with Crippen molar-refractivity contribution in [2.45, 2.75) is 35.0 Å². The molecular formula is C43H45O6S+. The van der Waals surface area contributed by atoms with E-state index < -0.39 is 10.9 Å². The standard InChI is InChI=1S/C43H45O6S/c1-3-44-27-29-47-35-17-21-37(22-18-35)50(38-23-19-36(20-24-38)48-30-28-45-4-2)43-16-10-9-15-42(43)49-32-46-26-25-34-31-33-11-5-6-12-39(33)41-14-8-7-13-40(34)41/h5-24,31H,3-4,25-30,32H2,1-2H3/q+1. The van der Waals surface area contributed by atoms with E-state index in [1.165, 1.54) is 27.1 Å². The minimum Gasteiger partial charge on any atom is -0.491 e. The highest BCUT2D eigenvalue weighted by molar-refractivity contribution is 7.97. The Hall–Kier alpha value is -4.53. The molecule has 7 heteroatoms. The maximum atomic E-state index is 6.36. The zero-order valence-electron chi connectivity index (χ0n) is 28.8. The summed E-state index contributed by atoms with van der Waals surface area (Å²) in [4.78, 5) is 3.37. The van der Waals surface area contributed by atoms with E-state index in [0.29, 0.717) is 46.2 Å². The van der Waals surface area contributed by atoms with Crippen molar-refractivity contribution in [1.82, 2.24) is 0 Å². The molecule has 0 aliphatic carbocycles. The number of rotatable bonds is 19. The second-order valence-electron chi connectivity index (χ2n) is 11.5. The molecular weight excluding hydrogens is 645 g/mol. The van der Waals surface area contributed by atoms with E-state index in [9.17, 15) is 0 Å². The number of benzene rings is 6. The van der Waals surface area contributed by atoms with E-state index in [1.54, 1.807) is 0 Å². The molecule has 0 spiro atoms. The minimum absolute atomic E-state index is 0.152. The van der Waals surface area contributed by atoms with Gasteiger partial charge in [0.1, 0.15) is 35.6 Å². The molecule has 0 N–H and O–H groups in total. The Morgan fingerprint density at radius 1 is 0.480 bits per heavy atom. The summed E-state index contributed by atoms with van der Waals surface area (Å²) in [6, 6.07) is 44.3. The zero-order chi connectivity index (χ0) is 34.4. The molecule has 0 unspecified atom stereocenters. The zero-order valence-corrected chi connectivity index (χ0v) is 29.7. The molecule has 0 bridgehead atoms. The van der Waals surface area contributed by atoms with Crippen molar-refractivity contribution in [3.63, 3.8) is 0 Å². The van der Waals surface area contributed by atoms with Gasteiger partial charge in [0.05, 0.1) is 19.8 Å². The third kappa shape index (κ3) is 9.17. The Morgan fingerprint density at radius 2 is 1.04 bits per heavy atom. The monoisotopic (exact) mass is 689 g/mol. The summed E-state index contributed by atoms with van der Waals surface area (Å²) in [7, 11) is -0.467. The lowest BCUT2D eigenvalue weighted by Crippen LogP contribution is -2.11. The van der Waals surface area contributed by atoms with Gasteiger partial charge in [-0.3, -0.25) is 0 Å². The Bertz CT molecular complexity index is 1870. The van der Waals surface area contributed by atoms with Gasteiger partial charge in [-0.1, -0.05) is 66.7 Å². The second kappa shape index (κ2) is 18.5. The van der Waals surface area contributed by atoms with Gasteiger partial charge >= 0.3 is 0 Å². The average molecular weight is 690 g/mol. The van der Waals surface area contributed by atoms with Crippen LogP contribution in [-0.2, 0) is 31.5 Å². The van der Waals surface area contributed by atoms with E-state index in [4.69, 9.17) is 28.4 Å². The third-order valence-electron chi connectivity index (χ3n) is 8.26. The van der Waals surface area contributed by atoms with E-state index in [2.05, 4.69) is 91.0 Å². The quantitative estimate of drug-likeness (QED) is 0.0366. The molecule has 0 fully saturated rings. The first-order valence-corrected chi connectivity index (χ1v) is 18.5. The molecule has 0 radical (unpaired) electrons. The first-order chi connectivity index (χ1) is 24.7. The molecule has 0 aliphatic rings. The Morgan fingerprint density at radius 3 is 1.68 bits per heavy atom. The second-order valence-corrected chi connectivity index (χ2v) is 13.5. The SMILES string of the molecule is CCOCCOc1ccc([S+](c2ccc(OCCOCC)cc2)c2ccccc2OCOCCc2cc3ccccc3c3ccccc23)cc1. The van der Waals surface area contributed by atoms with Crippen molar-refractivity contribution in [3.8, 4) is 17.2 Å². The van der Waals surface area contributed by atoms with E-state index >= 15 is 0 Å². The van der Waals surface area contributed by atoms with Crippen LogP contribution in [0.1, 0.15) is 19.4 Å². The first-order valence-electron chi connectivity index (χ1n) is 17.3. The highest BCUT2D eigenvalue weighted by Gasteiger charge is 2.32. The van der Waals surface area contributed by atoms with Gasteiger partial charge in [0.15, 0.2) is 22.3 Å². The molecule has 0 saturated heterocycles. The summed E-state index contributed by atoms with van der Waals surface area (Å²) in [5.41, 5.74) is 1.27. The van der Waals surface area contributed by atoms with Crippen LogP contribution in [0.15, 0.2) is 142 Å². The fourth-order valence-corrected chi connectivity index (χ4v) is 8.02. The Labute approximate surface area is 298 Å². The van der Waals surface area contributed by atoms with Gasteiger partial charge < -0.3 is 28.4 Å². The number of para-hydroxylation sites is 1. The summed E-state index contributed by atoms with van der Waals surface area (Å²) < 4.78 is 35.2. The molecule has 0 aromatic heterocycles. The van der Waals surface area contributed by atoms with E-state index in [1.807, 2.05) is 50.2 Å². The normalized spacial score (nSPS) is 11.3. The topological polar surface area (TPSA) is 55.4 Å². The minimum atomic E-state index is -0.467. The largest absolute Gasteiger partial charge is 0.491 e. The predicted octanol–water partition coefficient (Wildman–Crippen LogP) is 9.51. The highest BCUT2D eigenvalue weighted by Crippen LogP contribution is 2.38. The van der Waals surface area contributed by atoms with Gasteiger partial charge in [-0.25, -0.2) is 0 Å². The van der Waals surface area contributed by atoms with Crippen LogP contribution in [0.25, 0.3) is 21.5 Å². The predicted molar refractivity (Wildman–Crippen MR) is 202 cm³/mol. The molecule has 0 heterocycles. The van der Waals surface area contributed by atoms with Crippen molar-refractivity contribution < 1.29 is 28.4 Å². The van der Waals surface area contributed by atoms with Crippen LogP contribution in [0.4, 0.5) is 0 Å². The van der Waals surface area contributed by atoms with Gasteiger partial charge in [0.2, 0.25) is 4.90 Å². The lowest BCUT2D eigenvalue weighted by molar-refractivity contribution is 0.0154. The highest BCUT2D eigenvalue weighted by atomic mass is 32.2. The summed E-state index contributed by atoms with van der Waals surface area (Å²) in [5.74, 6) is 2.42. The summed E-state index contributed by atoms with van der Waals surface area (Å²) in [6.07, 6.45) is 0.790. The van der Waals surface area contributed by atoms with Gasteiger partial charge in [-0.2, -0.15) is 0 Å². The molecule has 258 valence electrons. The maximum Gasteiger partial charge on any atom is 0.208 e. The van der Waals surface area contributed by atoms with Crippen LogP contribution >= 0.6 is 0 Å². The Balaban J connectivity index is 1.17. The molecule has 0 saturated carbocycles. The number of hydrogen-bond donors (Lipinski definition) is 0. The summed E-state index contributed by atoms with van der Waals surface area (Å²) in [5, 5.41) is 5.05. The lowest BCUT2D eigenvalue weighted by atomic mass is 9.96. The van der Waals surface area contributed by atoms with Crippen LogP contribution in [0.5, 0.6) is 17.2 Å². The van der Waals surface area contributed by atoms with Gasteiger partial charge in [0.25, 0.3) is 0 Å². The van der Waals surface area contributed by atoms with Gasteiger partial charge in [0, 0.05) is 13.2 Å². The Kier molecular flexibility index (Phi) is 13.0. The van der Waals surface area contributed by atoms with E-state index in [-0.39, 0.29) is 6.79 Å². The molecule has 50 heavy (non-hydrogen) atoms. The third-order valence-corrected chi connectivity index (χ3v) is 10.5. The molecule has 6 aromatic rings. The maximum absolute atomic E-state index is 6.36. The molecule has 6 aromatic carbocycles. The van der Waals surface area contributed by atoms with Crippen LogP contribution in [0.3, 0.4) is 0 Å². The van der Waals surface area contributed by atoms with Crippen molar-refractivity contribution in [1.29, 1.82) is 0 Å². The summed E-state index contributed by atoms with van der Waals surface area (Å²) >= 11 is 0. The lowest BCUT2D eigenvalue weighted by Gasteiger charge is -2.14. The fraction of sp³-hybridized carbons (Fsp3) is 0.256. The van der Waals surface area contributed by atoms with Crippen LogP contribution < -0.4 is 14.2 Å². The van der Waals surface area contributed by atoms with Crippen molar-refractivity contribution in [2.24, 2.45) is 0 Å². The van der Waals surface area contributed by atoms with Crippen LogP contribution in [0.2, 0.25) is 0 Å². The average Bonchev–Trinajstić information content (AvgIpc) is 3.17. The smallest absolute Gasteiger partial charge is 0.208 e. The van der Waals surface area contributed by atoms with Crippen molar-refractivity contribution in [3.05, 3.63) is 133 Å². The van der Waals surface area contributed by atoms with Crippen LogP contribution in [0, 0.1) is 0 Å². The summed E-state index contributed by atoms with van der Waals surface area (Å²) in [6.45, 7) is 8.17. The van der Waals surface area contributed by atoms with E-state index in [0.717, 1.165) is 38.4 Å². The van der Waals surface area contributed by atoms with Gasteiger partial charge in [-0.05, 0) is 108 Å². The number of hydrogen-bond acceptors (Lipinski definition) is 6. The molecule has 0 amide bonds. The van der Waals surface area contributed by atoms with Crippen LogP contribution in [-0.4, -0.2) is 53.0 Å². The fourth-order valence-electron chi connectivity index (χ4n) is 5.88. The number of ether oxygens (including phenoxy) is 6. The molecule has 0 aliphatic heterocycles. The molecule has 6 rings (SSSR count). The molecule has 0 atom stereocenters. The molecule has 6 nitrogen and oxygen atoms in total. The first kappa shape index (κ1) is 35.3.